The van der Waals surface area contributed by atoms with Crippen LogP contribution in [0.25, 0.3) is 5.69 Å². The van der Waals surface area contributed by atoms with Crippen LogP contribution >= 0.6 is 0 Å². The summed E-state index contributed by atoms with van der Waals surface area (Å²) < 4.78 is 40.7. The van der Waals surface area contributed by atoms with E-state index in [0.29, 0.717) is 12.2 Å². The Morgan fingerprint density at radius 3 is 2.61 bits per heavy atom. The van der Waals surface area contributed by atoms with Crippen LogP contribution in [0.1, 0.15) is 41.8 Å². The first-order valence-corrected chi connectivity index (χ1v) is 10.5. The Kier molecular flexibility index (Phi) is 5.97. The number of fused-ring (bicyclic) bond motifs is 1. The average molecular weight is 456 g/mol. The third-order valence-electron chi connectivity index (χ3n) is 5.71. The zero-order valence-corrected chi connectivity index (χ0v) is 18.2. The maximum atomic E-state index is 13.2. The predicted octanol–water partition coefficient (Wildman–Crippen LogP) is 4.67. The Bertz CT molecular complexity index is 1200. The molecule has 33 heavy (non-hydrogen) atoms. The van der Waals surface area contributed by atoms with Crippen molar-refractivity contribution in [2.24, 2.45) is 0 Å². The van der Waals surface area contributed by atoms with Crippen LogP contribution in [-0.2, 0) is 22.2 Å². The van der Waals surface area contributed by atoms with Crippen molar-refractivity contribution >= 4 is 17.6 Å². The molecule has 0 radical (unpaired) electrons. The Hall–Kier alpha value is -3.62. The number of carbonyl (C=O) groups excluding carboxylic acids is 2. The maximum absolute atomic E-state index is 13.2. The van der Waals surface area contributed by atoms with Crippen molar-refractivity contribution in [1.29, 1.82) is 0 Å². The van der Waals surface area contributed by atoms with Gasteiger partial charge < -0.3 is 10.2 Å². The van der Waals surface area contributed by atoms with Crippen molar-refractivity contribution in [2.45, 2.75) is 38.9 Å². The predicted molar refractivity (Wildman–Crippen MR) is 117 cm³/mol. The van der Waals surface area contributed by atoms with E-state index in [1.165, 1.54) is 23.7 Å². The molecule has 1 aliphatic rings. The second-order valence-corrected chi connectivity index (χ2v) is 8.06. The summed E-state index contributed by atoms with van der Waals surface area (Å²) in [5, 5.41) is 7.02. The molecule has 0 fully saturated rings. The van der Waals surface area contributed by atoms with E-state index < -0.39 is 17.8 Å². The highest BCUT2D eigenvalue weighted by Gasteiger charge is 2.32. The molecule has 0 saturated heterocycles. The fraction of sp³-hybridized carbons (Fsp3) is 0.292. The quantitative estimate of drug-likeness (QED) is 0.620. The summed E-state index contributed by atoms with van der Waals surface area (Å²) in [6.45, 7) is 3.69. The molecule has 6 nitrogen and oxygen atoms in total. The number of anilines is 1. The third kappa shape index (κ3) is 4.76. The lowest BCUT2D eigenvalue weighted by atomic mass is 9.90. The van der Waals surface area contributed by atoms with E-state index in [1.54, 1.807) is 17.9 Å². The second kappa shape index (κ2) is 8.73. The summed E-state index contributed by atoms with van der Waals surface area (Å²) in [4.78, 5) is 26.9. The highest BCUT2D eigenvalue weighted by molar-refractivity contribution is 5.91. The average Bonchev–Trinajstić information content (AvgIpc) is 3.13. The van der Waals surface area contributed by atoms with Gasteiger partial charge in [-0.3, -0.25) is 9.59 Å². The molecule has 3 aromatic rings. The number of carbonyl (C=O) groups is 2. The number of aromatic nitrogens is 2. The first-order valence-electron chi connectivity index (χ1n) is 10.5. The Balaban J connectivity index is 1.60. The van der Waals surface area contributed by atoms with Crippen LogP contribution < -0.4 is 5.32 Å². The van der Waals surface area contributed by atoms with Crippen LogP contribution in [0, 0.1) is 6.92 Å². The van der Waals surface area contributed by atoms with Gasteiger partial charge in [0.15, 0.2) is 0 Å². The molecule has 1 N–H and O–H groups in total. The molecule has 2 heterocycles. The number of alkyl halides is 3. The van der Waals surface area contributed by atoms with Gasteiger partial charge in [0.25, 0.3) is 0 Å². The van der Waals surface area contributed by atoms with Crippen LogP contribution in [0.2, 0.25) is 0 Å². The topological polar surface area (TPSA) is 67.2 Å². The minimum atomic E-state index is -4.49. The van der Waals surface area contributed by atoms with Crippen LogP contribution in [0.15, 0.2) is 54.6 Å². The highest BCUT2D eigenvalue weighted by atomic mass is 19.4. The van der Waals surface area contributed by atoms with E-state index in [9.17, 15) is 22.8 Å². The molecule has 1 aromatic heterocycles. The number of rotatable bonds is 4. The van der Waals surface area contributed by atoms with Gasteiger partial charge in [0.1, 0.15) is 5.82 Å². The molecule has 9 heteroatoms. The lowest BCUT2D eigenvalue weighted by molar-refractivity contribution is -0.137. The SMILES string of the molecule is CC(=O)N1CCc2ccccc2C1CC(=O)Nc1cc(C)nn1-c1cccc(C(F)(F)F)c1. The second-order valence-electron chi connectivity index (χ2n) is 8.06. The highest BCUT2D eigenvalue weighted by Crippen LogP contribution is 2.33. The van der Waals surface area contributed by atoms with Crippen LogP contribution in [0.3, 0.4) is 0 Å². The molecule has 1 atom stereocenters. The molecule has 172 valence electrons. The van der Waals surface area contributed by atoms with Crippen LogP contribution in [0.4, 0.5) is 19.0 Å². The minimum Gasteiger partial charge on any atom is -0.335 e. The molecule has 1 unspecified atom stereocenters. The number of amides is 2. The van der Waals surface area contributed by atoms with Gasteiger partial charge in [-0.15, -0.1) is 0 Å². The summed E-state index contributed by atoms with van der Waals surface area (Å²) >= 11 is 0. The summed E-state index contributed by atoms with van der Waals surface area (Å²) in [6, 6.07) is 13.6. The summed E-state index contributed by atoms with van der Waals surface area (Å²) in [7, 11) is 0. The van der Waals surface area contributed by atoms with E-state index in [1.807, 2.05) is 24.3 Å². The number of nitrogens with zero attached hydrogens (tertiary/aromatic N) is 3. The van der Waals surface area contributed by atoms with Crippen molar-refractivity contribution in [3.8, 4) is 5.69 Å². The number of nitrogens with one attached hydrogen (secondary N) is 1. The molecular formula is C24H23F3N4O2. The first-order chi connectivity index (χ1) is 15.6. The zero-order valence-electron chi connectivity index (χ0n) is 18.2. The van der Waals surface area contributed by atoms with E-state index in [0.717, 1.165) is 29.7 Å². The molecule has 4 rings (SSSR count). The van der Waals surface area contributed by atoms with Crippen LogP contribution in [0.5, 0.6) is 0 Å². The van der Waals surface area contributed by atoms with Gasteiger partial charge >= 0.3 is 6.18 Å². The van der Waals surface area contributed by atoms with Gasteiger partial charge in [-0.05, 0) is 42.7 Å². The van der Waals surface area contributed by atoms with Crippen molar-refractivity contribution in [2.75, 3.05) is 11.9 Å². The lowest BCUT2D eigenvalue weighted by Crippen LogP contribution is -2.40. The number of hydrogen-bond acceptors (Lipinski definition) is 3. The van der Waals surface area contributed by atoms with Crippen molar-refractivity contribution < 1.29 is 22.8 Å². The molecule has 0 aliphatic carbocycles. The molecule has 0 spiro atoms. The maximum Gasteiger partial charge on any atom is 0.416 e. The summed E-state index contributed by atoms with van der Waals surface area (Å²) in [5.41, 5.74) is 1.94. The molecule has 0 saturated carbocycles. The Labute approximate surface area is 189 Å². The molecule has 2 amide bonds. The van der Waals surface area contributed by atoms with Crippen molar-refractivity contribution in [3.05, 3.63) is 77.0 Å². The third-order valence-corrected chi connectivity index (χ3v) is 5.71. The monoisotopic (exact) mass is 456 g/mol. The van der Waals surface area contributed by atoms with Crippen LogP contribution in [-0.4, -0.2) is 33.0 Å². The van der Waals surface area contributed by atoms with E-state index in [4.69, 9.17) is 0 Å². The molecule has 0 bridgehead atoms. The molecule has 1 aliphatic heterocycles. The Morgan fingerprint density at radius 1 is 1.12 bits per heavy atom. The summed E-state index contributed by atoms with van der Waals surface area (Å²) in [6.07, 6.45) is -3.76. The fourth-order valence-electron chi connectivity index (χ4n) is 4.22. The van der Waals surface area contributed by atoms with Gasteiger partial charge in [0, 0.05) is 19.5 Å². The van der Waals surface area contributed by atoms with Gasteiger partial charge in [0.2, 0.25) is 11.8 Å². The van der Waals surface area contributed by atoms with Crippen molar-refractivity contribution in [1.82, 2.24) is 14.7 Å². The lowest BCUT2D eigenvalue weighted by Gasteiger charge is -2.36. The van der Waals surface area contributed by atoms with Gasteiger partial charge in [-0.25, -0.2) is 4.68 Å². The fourth-order valence-corrected chi connectivity index (χ4v) is 4.22. The van der Waals surface area contributed by atoms with E-state index >= 15 is 0 Å². The summed E-state index contributed by atoms with van der Waals surface area (Å²) in [5.74, 6) is -0.224. The van der Waals surface area contributed by atoms with E-state index in [-0.39, 0.29) is 29.7 Å². The number of aryl methyl sites for hydroxylation is 1. The normalized spacial score (nSPS) is 15.8. The standard InChI is InChI=1S/C24H23F3N4O2/c1-15-12-22(31(29-15)19-8-5-7-18(13-19)24(25,26)27)28-23(33)14-21-20-9-4-3-6-17(20)10-11-30(21)16(2)32/h3-9,12-13,21H,10-11,14H2,1-2H3,(H,28,33). The van der Waals surface area contributed by atoms with Gasteiger partial charge in [-0.2, -0.15) is 18.3 Å². The Morgan fingerprint density at radius 2 is 1.88 bits per heavy atom. The molecular weight excluding hydrogens is 433 g/mol. The van der Waals surface area contributed by atoms with E-state index in [2.05, 4.69) is 10.4 Å². The smallest absolute Gasteiger partial charge is 0.335 e. The number of benzene rings is 2. The molecule has 2 aromatic carbocycles. The van der Waals surface area contributed by atoms with Gasteiger partial charge in [-0.1, -0.05) is 30.3 Å². The number of hydrogen-bond donors (Lipinski definition) is 1. The van der Waals surface area contributed by atoms with Gasteiger partial charge in [0.05, 0.1) is 29.4 Å². The zero-order chi connectivity index (χ0) is 23.8. The first kappa shape index (κ1) is 22.6. The number of halogens is 3. The van der Waals surface area contributed by atoms with Crippen molar-refractivity contribution in [3.63, 3.8) is 0 Å². The largest absolute Gasteiger partial charge is 0.416 e. The minimum absolute atomic E-state index is 0.0173.